The van der Waals surface area contributed by atoms with Crippen molar-refractivity contribution >= 4 is 11.0 Å². The van der Waals surface area contributed by atoms with Gasteiger partial charge in [-0.2, -0.15) is 15.5 Å². The molecule has 0 aliphatic carbocycles. The van der Waals surface area contributed by atoms with E-state index in [1.54, 1.807) is 12.4 Å². The van der Waals surface area contributed by atoms with Crippen LogP contribution in [-0.4, -0.2) is 24.5 Å². The molecule has 4 aromatic rings. The molecule has 0 spiro atoms. The number of aromatic nitrogens is 5. The fraction of sp³-hybridized carbons (Fsp3) is 0.0588. The zero-order valence-electron chi connectivity index (χ0n) is 12.4. The highest BCUT2D eigenvalue weighted by Gasteiger charge is 2.10. The maximum absolute atomic E-state index is 8.93. The number of hydrogen-bond donors (Lipinski definition) is 0. The number of rotatable bonds is 2. The van der Waals surface area contributed by atoms with Gasteiger partial charge in [-0.05, 0) is 49.4 Å². The maximum atomic E-state index is 8.93. The van der Waals surface area contributed by atoms with Gasteiger partial charge in [0.2, 0.25) is 0 Å². The lowest BCUT2D eigenvalue weighted by atomic mass is 10.2. The second kappa shape index (κ2) is 5.07. The highest BCUT2D eigenvalue weighted by molar-refractivity contribution is 5.80. The first kappa shape index (κ1) is 13.2. The van der Waals surface area contributed by atoms with Crippen molar-refractivity contribution in [2.45, 2.75) is 6.92 Å². The molecule has 0 aliphatic rings. The van der Waals surface area contributed by atoms with E-state index < -0.39 is 0 Å². The zero-order valence-corrected chi connectivity index (χ0v) is 12.4. The summed E-state index contributed by atoms with van der Waals surface area (Å²) in [6, 6.07) is 15.6. The maximum Gasteiger partial charge on any atom is 0.174 e. The molecule has 0 amide bonds. The largest absolute Gasteiger partial charge is 0.312 e. The smallest absolute Gasteiger partial charge is 0.174 e. The van der Waals surface area contributed by atoms with Crippen LogP contribution in [0.25, 0.3) is 22.5 Å². The van der Waals surface area contributed by atoms with Gasteiger partial charge in [0.25, 0.3) is 0 Å². The molecule has 23 heavy (non-hydrogen) atoms. The highest BCUT2D eigenvalue weighted by atomic mass is 15.5. The molecule has 0 saturated heterocycles. The average Bonchev–Trinajstić information content (AvgIpc) is 3.21. The molecule has 3 heterocycles. The van der Waals surface area contributed by atoms with Crippen molar-refractivity contribution in [1.29, 1.82) is 5.26 Å². The minimum Gasteiger partial charge on any atom is -0.312 e. The molecule has 1 aromatic carbocycles. The molecule has 0 N–H and O–H groups in total. The summed E-state index contributed by atoms with van der Waals surface area (Å²) in [7, 11) is 0. The summed E-state index contributed by atoms with van der Waals surface area (Å²) in [5, 5.41) is 17.1. The third kappa shape index (κ3) is 2.15. The van der Waals surface area contributed by atoms with Crippen molar-refractivity contribution in [2.75, 3.05) is 0 Å². The molecular formula is C17H12N6. The van der Waals surface area contributed by atoms with E-state index in [-0.39, 0.29) is 0 Å². The minimum atomic E-state index is 0.646. The second-order valence-electron chi connectivity index (χ2n) is 5.17. The molecule has 6 heteroatoms. The predicted molar refractivity (Wildman–Crippen MR) is 85.4 cm³/mol. The minimum absolute atomic E-state index is 0.646. The number of aryl methyl sites for hydroxylation is 1. The summed E-state index contributed by atoms with van der Waals surface area (Å²) in [4.78, 5) is 6.12. The fourth-order valence-electron chi connectivity index (χ4n) is 2.68. The Morgan fingerprint density at radius 3 is 2.43 bits per heavy atom. The van der Waals surface area contributed by atoms with E-state index in [0.29, 0.717) is 11.4 Å². The van der Waals surface area contributed by atoms with Gasteiger partial charge in [-0.15, -0.1) is 4.80 Å². The van der Waals surface area contributed by atoms with Crippen LogP contribution in [0.4, 0.5) is 0 Å². The lowest BCUT2D eigenvalue weighted by Gasteiger charge is -2.08. The summed E-state index contributed by atoms with van der Waals surface area (Å²) >= 11 is 0. The van der Waals surface area contributed by atoms with E-state index in [2.05, 4.69) is 25.8 Å². The van der Waals surface area contributed by atoms with E-state index in [9.17, 15) is 0 Å². The molecule has 0 bridgehead atoms. The first-order chi connectivity index (χ1) is 11.3. The van der Waals surface area contributed by atoms with Crippen LogP contribution in [0.5, 0.6) is 0 Å². The number of nitrogens with zero attached hydrogens (tertiary/aromatic N) is 6. The van der Waals surface area contributed by atoms with Gasteiger partial charge in [-0.25, -0.2) is 4.98 Å². The van der Waals surface area contributed by atoms with Gasteiger partial charge >= 0.3 is 0 Å². The van der Waals surface area contributed by atoms with E-state index in [1.165, 1.54) is 4.80 Å². The first-order valence-corrected chi connectivity index (χ1v) is 7.12. The Morgan fingerprint density at radius 2 is 1.74 bits per heavy atom. The van der Waals surface area contributed by atoms with Gasteiger partial charge in [0.15, 0.2) is 5.82 Å². The van der Waals surface area contributed by atoms with Crippen LogP contribution in [0.1, 0.15) is 11.3 Å². The van der Waals surface area contributed by atoms with Crippen LogP contribution in [0, 0.1) is 18.3 Å². The standard InChI is InChI=1S/C17H12N6/c1-12-10-15-16(6-7-17(21-15)23-19-8-9-20-23)22(12)14-4-2-13(11-18)3-5-14/h2-10H,1H3. The third-order valence-corrected chi connectivity index (χ3v) is 3.71. The average molecular weight is 300 g/mol. The number of nitriles is 1. The lowest BCUT2D eigenvalue weighted by molar-refractivity contribution is 0.732. The fourth-order valence-corrected chi connectivity index (χ4v) is 2.68. The molecule has 0 saturated carbocycles. The molecule has 4 rings (SSSR count). The van der Waals surface area contributed by atoms with Crippen LogP contribution in [0.2, 0.25) is 0 Å². The topological polar surface area (TPSA) is 72.3 Å². The second-order valence-corrected chi connectivity index (χ2v) is 5.17. The van der Waals surface area contributed by atoms with Crippen molar-refractivity contribution in [3.63, 3.8) is 0 Å². The zero-order chi connectivity index (χ0) is 15.8. The molecule has 0 fully saturated rings. The van der Waals surface area contributed by atoms with Crippen LogP contribution >= 0.6 is 0 Å². The van der Waals surface area contributed by atoms with E-state index >= 15 is 0 Å². The first-order valence-electron chi connectivity index (χ1n) is 7.12. The van der Waals surface area contributed by atoms with Crippen molar-refractivity contribution < 1.29 is 0 Å². The Kier molecular flexibility index (Phi) is 2.91. The summed E-state index contributed by atoms with van der Waals surface area (Å²) in [5.74, 6) is 0.680. The lowest BCUT2D eigenvalue weighted by Crippen LogP contribution is -2.01. The van der Waals surface area contributed by atoms with E-state index in [4.69, 9.17) is 5.26 Å². The summed E-state index contributed by atoms with van der Waals surface area (Å²) in [6.45, 7) is 2.03. The molecular weight excluding hydrogens is 288 g/mol. The molecule has 0 aliphatic heterocycles. The Bertz CT molecular complexity index is 1020. The molecule has 110 valence electrons. The summed E-state index contributed by atoms with van der Waals surface area (Å²) in [6.07, 6.45) is 3.25. The third-order valence-electron chi connectivity index (χ3n) is 3.71. The molecule has 3 aromatic heterocycles. The van der Waals surface area contributed by atoms with E-state index in [0.717, 1.165) is 22.4 Å². The van der Waals surface area contributed by atoms with Crippen LogP contribution < -0.4 is 0 Å². The van der Waals surface area contributed by atoms with Crippen LogP contribution in [0.15, 0.2) is 54.9 Å². The highest BCUT2D eigenvalue weighted by Crippen LogP contribution is 2.24. The van der Waals surface area contributed by atoms with E-state index in [1.807, 2.05) is 49.4 Å². The van der Waals surface area contributed by atoms with Gasteiger partial charge in [0.05, 0.1) is 35.1 Å². The van der Waals surface area contributed by atoms with Crippen molar-refractivity contribution in [1.82, 2.24) is 24.5 Å². The Morgan fingerprint density at radius 1 is 1.00 bits per heavy atom. The Hall–Kier alpha value is -3.46. The number of fused-ring (bicyclic) bond motifs is 1. The van der Waals surface area contributed by atoms with Crippen molar-refractivity contribution in [3.8, 4) is 17.6 Å². The molecule has 0 atom stereocenters. The number of hydrogen-bond acceptors (Lipinski definition) is 4. The van der Waals surface area contributed by atoms with Crippen LogP contribution in [-0.2, 0) is 0 Å². The van der Waals surface area contributed by atoms with Gasteiger partial charge in [0, 0.05) is 11.4 Å². The van der Waals surface area contributed by atoms with Crippen LogP contribution in [0.3, 0.4) is 0 Å². The quantitative estimate of drug-likeness (QED) is 0.570. The van der Waals surface area contributed by atoms with Gasteiger partial charge in [-0.3, -0.25) is 0 Å². The Labute approximate surface area is 132 Å². The summed E-state index contributed by atoms with van der Waals surface area (Å²) in [5.41, 5.74) is 4.60. The van der Waals surface area contributed by atoms with Crippen molar-refractivity contribution in [2.24, 2.45) is 0 Å². The monoisotopic (exact) mass is 300 g/mol. The molecule has 0 unspecified atom stereocenters. The normalized spacial score (nSPS) is 10.8. The van der Waals surface area contributed by atoms with Gasteiger partial charge in [-0.1, -0.05) is 0 Å². The van der Waals surface area contributed by atoms with Gasteiger partial charge < -0.3 is 4.57 Å². The SMILES string of the molecule is Cc1cc2nc(-n3nccn3)ccc2n1-c1ccc(C#N)cc1. The molecule has 0 radical (unpaired) electrons. The number of pyridine rings is 1. The number of benzene rings is 1. The Balaban J connectivity index is 1.87. The van der Waals surface area contributed by atoms with Crippen molar-refractivity contribution in [3.05, 3.63) is 66.1 Å². The summed E-state index contributed by atoms with van der Waals surface area (Å²) < 4.78 is 2.11. The molecule has 6 nitrogen and oxygen atoms in total. The van der Waals surface area contributed by atoms with Gasteiger partial charge in [0.1, 0.15) is 0 Å². The predicted octanol–water partition coefficient (Wildman–Crippen LogP) is 2.79.